The zero-order chi connectivity index (χ0) is 5.98. The summed E-state index contributed by atoms with van der Waals surface area (Å²) in [6.45, 7) is 1.70. The Labute approximate surface area is 56.2 Å². The Morgan fingerprint density at radius 2 is 1.78 bits per heavy atom. The van der Waals surface area contributed by atoms with Crippen LogP contribution in [0.5, 0.6) is 0 Å². The maximum absolute atomic E-state index is 10.6. The average Bonchev–Trinajstić information content (AvgIpc) is 2.12. The van der Waals surface area contributed by atoms with Crippen molar-refractivity contribution in [2.75, 3.05) is 0 Å². The minimum absolute atomic E-state index is 0. The van der Waals surface area contributed by atoms with Gasteiger partial charge in [-0.3, -0.25) is 4.79 Å². The minimum Gasteiger partial charge on any atom is -0.344 e. The first-order valence-corrected chi connectivity index (χ1v) is 3.31. The van der Waals surface area contributed by atoms with Gasteiger partial charge in [-0.05, 0) is 19.8 Å². The first-order valence-electron chi connectivity index (χ1n) is 3.31. The summed E-state index contributed by atoms with van der Waals surface area (Å²) in [5, 5.41) is 0. The van der Waals surface area contributed by atoms with Gasteiger partial charge in [-0.1, -0.05) is 12.8 Å². The lowest BCUT2D eigenvalue weighted by Crippen LogP contribution is -2.04. The third-order valence-corrected chi connectivity index (χ3v) is 1.93. The lowest BCUT2D eigenvalue weighted by atomic mass is 10.0. The van der Waals surface area contributed by atoms with E-state index in [1.54, 1.807) is 6.92 Å². The van der Waals surface area contributed by atoms with Gasteiger partial charge in [0.1, 0.15) is 5.78 Å². The molecule has 9 heavy (non-hydrogen) atoms. The lowest BCUT2D eigenvalue weighted by Gasteiger charge is -1.99. The molecule has 0 heterocycles. The minimum atomic E-state index is 0. The predicted molar refractivity (Wildman–Crippen MR) is 37.7 cm³/mol. The van der Waals surface area contributed by atoms with Crippen LogP contribution in [0.1, 0.15) is 32.6 Å². The molecule has 0 aromatic carbocycles. The summed E-state index contributed by atoms with van der Waals surface area (Å²) in [6, 6.07) is 0. The highest BCUT2D eigenvalue weighted by molar-refractivity contribution is 5.78. The van der Waals surface area contributed by atoms with Gasteiger partial charge in [-0.2, -0.15) is 0 Å². The molecule has 0 unspecified atom stereocenters. The van der Waals surface area contributed by atoms with E-state index >= 15 is 0 Å². The maximum Gasteiger partial charge on any atom is 0.132 e. The van der Waals surface area contributed by atoms with Gasteiger partial charge in [0.15, 0.2) is 0 Å². The Hall–Kier alpha value is -0.370. The molecule has 2 heteroatoms. The predicted octanol–water partition coefficient (Wildman–Crippen LogP) is 1.93. The molecule has 3 N–H and O–H groups in total. The third kappa shape index (κ3) is 2.14. The number of hydrogen-bond donors (Lipinski definition) is 1. The van der Waals surface area contributed by atoms with Gasteiger partial charge in [-0.15, -0.1) is 0 Å². The topological polar surface area (TPSA) is 52.1 Å². The molecule has 0 aromatic heterocycles. The fourth-order valence-electron chi connectivity index (χ4n) is 1.33. The summed E-state index contributed by atoms with van der Waals surface area (Å²) in [6.07, 6.45) is 4.83. The van der Waals surface area contributed by atoms with Crippen molar-refractivity contribution in [3.63, 3.8) is 0 Å². The molecule has 0 atom stereocenters. The standard InChI is InChI=1S/C7H12O.H3N/c1-6(8)7-4-2-3-5-7;/h7H,2-5H2,1H3;1H3. The number of hydrogen-bond acceptors (Lipinski definition) is 2. The van der Waals surface area contributed by atoms with Crippen LogP contribution in [0.2, 0.25) is 0 Å². The van der Waals surface area contributed by atoms with E-state index in [9.17, 15) is 4.79 Å². The van der Waals surface area contributed by atoms with Crippen LogP contribution in [-0.4, -0.2) is 5.78 Å². The van der Waals surface area contributed by atoms with Crippen molar-refractivity contribution in [2.24, 2.45) is 5.92 Å². The van der Waals surface area contributed by atoms with Crippen LogP contribution in [0.25, 0.3) is 0 Å². The van der Waals surface area contributed by atoms with Crippen molar-refractivity contribution < 1.29 is 4.79 Å². The highest BCUT2D eigenvalue weighted by atomic mass is 16.1. The second-order valence-electron chi connectivity index (χ2n) is 2.59. The number of rotatable bonds is 1. The van der Waals surface area contributed by atoms with Crippen LogP contribution in [0.15, 0.2) is 0 Å². The van der Waals surface area contributed by atoms with Gasteiger partial charge in [0.2, 0.25) is 0 Å². The first kappa shape index (κ1) is 8.63. The van der Waals surface area contributed by atoms with E-state index in [0.29, 0.717) is 11.7 Å². The second-order valence-corrected chi connectivity index (χ2v) is 2.59. The van der Waals surface area contributed by atoms with Crippen LogP contribution in [0, 0.1) is 5.92 Å². The van der Waals surface area contributed by atoms with E-state index in [1.165, 1.54) is 12.8 Å². The van der Waals surface area contributed by atoms with E-state index in [-0.39, 0.29) is 6.15 Å². The summed E-state index contributed by atoms with van der Waals surface area (Å²) in [4.78, 5) is 10.6. The second kappa shape index (κ2) is 3.62. The van der Waals surface area contributed by atoms with Crippen molar-refractivity contribution in [1.82, 2.24) is 6.15 Å². The Bertz CT molecular complexity index is 95.1. The molecular formula is C7H15NO. The van der Waals surface area contributed by atoms with Crippen LogP contribution in [0.4, 0.5) is 0 Å². The molecule has 0 amide bonds. The smallest absolute Gasteiger partial charge is 0.132 e. The van der Waals surface area contributed by atoms with E-state index < -0.39 is 0 Å². The third-order valence-electron chi connectivity index (χ3n) is 1.93. The van der Waals surface area contributed by atoms with E-state index in [0.717, 1.165) is 12.8 Å². The molecule has 1 saturated carbocycles. The van der Waals surface area contributed by atoms with Crippen LogP contribution in [-0.2, 0) is 4.79 Å². The number of carbonyl (C=O) groups excluding carboxylic acids is 1. The van der Waals surface area contributed by atoms with Crippen molar-refractivity contribution in [3.8, 4) is 0 Å². The number of Topliss-reactive ketones (excluding diaryl/α,β-unsaturated/α-hetero) is 1. The quantitative estimate of drug-likeness (QED) is 0.588. The van der Waals surface area contributed by atoms with Gasteiger partial charge in [0, 0.05) is 5.92 Å². The molecule has 0 aromatic rings. The van der Waals surface area contributed by atoms with E-state index in [2.05, 4.69) is 0 Å². The van der Waals surface area contributed by atoms with Gasteiger partial charge in [-0.25, -0.2) is 0 Å². The molecule has 0 bridgehead atoms. The summed E-state index contributed by atoms with van der Waals surface area (Å²) >= 11 is 0. The normalized spacial score (nSPS) is 19.2. The van der Waals surface area contributed by atoms with Crippen LogP contribution < -0.4 is 6.15 Å². The molecular weight excluding hydrogens is 114 g/mol. The number of carbonyl (C=O) groups is 1. The first-order chi connectivity index (χ1) is 3.80. The molecule has 1 aliphatic rings. The average molecular weight is 129 g/mol. The molecule has 1 aliphatic carbocycles. The zero-order valence-corrected chi connectivity index (χ0v) is 6.02. The van der Waals surface area contributed by atoms with Crippen molar-refractivity contribution in [2.45, 2.75) is 32.6 Å². The van der Waals surface area contributed by atoms with Crippen LogP contribution in [0.3, 0.4) is 0 Å². The summed E-state index contributed by atoms with van der Waals surface area (Å²) in [7, 11) is 0. The van der Waals surface area contributed by atoms with Gasteiger partial charge >= 0.3 is 0 Å². The van der Waals surface area contributed by atoms with E-state index in [1.807, 2.05) is 0 Å². The van der Waals surface area contributed by atoms with Gasteiger partial charge in [0.05, 0.1) is 0 Å². The Balaban J connectivity index is 0.000000640. The molecule has 2 nitrogen and oxygen atoms in total. The highest BCUT2D eigenvalue weighted by Gasteiger charge is 2.18. The molecule has 1 fully saturated rings. The van der Waals surface area contributed by atoms with Crippen molar-refractivity contribution >= 4 is 5.78 Å². The zero-order valence-electron chi connectivity index (χ0n) is 6.02. The number of ketones is 1. The molecule has 0 spiro atoms. The Kier molecular flexibility index (Phi) is 3.47. The summed E-state index contributed by atoms with van der Waals surface area (Å²) in [5.41, 5.74) is 0. The van der Waals surface area contributed by atoms with E-state index in [4.69, 9.17) is 0 Å². The molecule has 0 aliphatic heterocycles. The van der Waals surface area contributed by atoms with Gasteiger partial charge < -0.3 is 6.15 Å². The fourth-order valence-corrected chi connectivity index (χ4v) is 1.33. The molecule has 1 rings (SSSR count). The maximum atomic E-state index is 10.6. The lowest BCUT2D eigenvalue weighted by molar-refractivity contribution is -0.120. The summed E-state index contributed by atoms with van der Waals surface area (Å²) < 4.78 is 0. The van der Waals surface area contributed by atoms with Crippen LogP contribution >= 0.6 is 0 Å². The summed E-state index contributed by atoms with van der Waals surface area (Å²) in [5.74, 6) is 0.817. The van der Waals surface area contributed by atoms with Gasteiger partial charge in [0.25, 0.3) is 0 Å². The Morgan fingerprint density at radius 1 is 1.33 bits per heavy atom. The SMILES string of the molecule is CC(=O)C1CCCC1.N. The van der Waals surface area contributed by atoms with Crippen molar-refractivity contribution in [1.29, 1.82) is 0 Å². The monoisotopic (exact) mass is 129 g/mol. The fraction of sp³-hybridized carbons (Fsp3) is 0.857. The largest absolute Gasteiger partial charge is 0.344 e. The molecule has 0 radical (unpaired) electrons. The highest BCUT2D eigenvalue weighted by Crippen LogP contribution is 2.24. The molecule has 54 valence electrons. The van der Waals surface area contributed by atoms with Crippen molar-refractivity contribution in [3.05, 3.63) is 0 Å². The molecule has 0 saturated heterocycles. The Morgan fingerprint density at radius 3 is 2.00 bits per heavy atom.